The molecule has 0 aliphatic carbocycles. The first kappa shape index (κ1) is 11.5. The molecule has 0 radical (unpaired) electrons. The van der Waals surface area contributed by atoms with Crippen LogP contribution in [0.5, 0.6) is 5.75 Å². The molecule has 0 atom stereocenters. The fourth-order valence-electron chi connectivity index (χ4n) is 1.99. The maximum Gasteiger partial charge on any atom is 0.131 e. The first-order valence-corrected chi connectivity index (χ1v) is 5.96. The van der Waals surface area contributed by atoms with Gasteiger partial charge in [0.05, 0.1) is 0 Å². The molecule has 0 aromatic heterocycles. The summed E-state index contributed by atoms with van der Waals surface area (Å²) in [7, 11) is 0. The van der Waals surface area contributed by atoms with Crippen LogP contribution in [0.25, 0.3) is 21.5 Å². The summed E-state index contributed by atoms with van der Waals surface area (Å²) in [6.45, 7) is 4.00. The number of phenols is 1. The van der Waals surface area contributed by atoms with Gasteiger partial charge in [-0.1, -0.05) is 62.4 Å². The van der Waals surface area contributed by atoms with Crippen LogP contribution in [0.2, 0.25) is 0 Å². The van der Waals surface area contributed by atoms with Crippen LogP contribution in [-0.4, -0.2) is 5.11 Å². The summed E-state index contributed by atoms with van der Waals surface area (Å²) >= 11 is 0. The highest BCUT2D eigenvalue weighted by Gasteiger charge is 2.04. The van der Waals surface area contributed by atoms with Gasteiger partial charge < -0.3 is 5.11 Å². The second kappa shape index (κ2) is 4.88. The summed E-state index contributed by atoms with van der Waals surface area (Å²) in [6, 6.07) is 17.9. The topological polar surface area (TPSA) is 20.2 Å². The minimum absolute atomic E-state index is 0.378. The Bertz CT molecular complexity index is 587. The van der Waals surface area contributed by atoms with Crippen molar-refractivity contribution in [3.8, 4) is 5.75 Å². The van der Waals surface area contributed by atoms with Crippen LogP contribution in [-0.2, 0) is 0 Å². The Kier molecular flexibility index (Phi) is 3.29. The van der Waals surface area contributed by atoms with Crippen LogP contribution < -0.4 is 0 Å². The Morgan fingerprint density at radius 3 is 1.59 bits per heavy atom. The molecule has 17 heavy (non-hydrogen) atoms. The molecular weight excluding hydrogens is 208 g/mol. The quantitative estimate of drug-likeness (QED) is 0.547. The molecule has 0 saturated carbocycles. The average Bonchev–Trinajstić information content (AvgIpc) is 2.41. The molecule has 86 valence electrons. The summed E-state index contributed by atoms with van der Waals surface area (Å²) in [5.74, 6) is 0.378. The van der Waals surface area contributed by atoms with Crippen molar-refractivity contribution in [2.45, 2.75) is 13.8 Å². The van der Waals surface area contributed by atoms with E-state index in [1.54, 1.807) is 0 Å². The summed E-state index contributed by atoms with van der Waals surface area (Å²) in [5, 5.41) is 14.1. The van der Waals surface area contributed by atoms with Gasteiger partial charge in [-0.15, -0.1) is 0 Å². The van der Waals surface area contributed by atoms with E-state index < -0.39 is 0 Å². The Balaban J connectivity index is 0.000000514. The molecule has 0 heterocycles. The molecule has 3 aromatic carbocycles. The summed E-state index contributed by atoms with van der Waals surface area (Å²) in [4.78, 5) is 0. The Labute approximate surface area is 101 Å². The highest BCUT2D eigenvalue weighted by atomic mass is 16.3. The molecule has 0 amide bonds. The highest BCUT2D eigenvalue weighted by molar-refractivity contribution is 6.04. The van der Waals surface area contributed by atoms with E-state index in [1.807, 2.05) is 62.4 Å². The summed E-state index contributed by atoms with van der Waals surface area (Å²) in [6.07, 6.45) is 0. The minimum Gasteiger partial charge on any atom is -0.507 e. The second-order valence-electron chi connectivity index (χ2n) is 3.67. The van der Waals surface area contributed by atoms with E-state index in [2.05, 4.69) is 6.07 Å². The van der Waals surface area contributed by atoms with Crippen LogP contribution in [0, 0.1) is 0 Å². The maximum absolute atomic E-state index is 10.1. The molecule has 0 unspecified atom stereocenters. The molecule has 3 aromatic rings. The Morgan fingerprint density at radius 1 is 0.706 bits per heavy atom. The third-order valence-corrected chi connectivity index (χ3v) is 2.74. The van der Waals surface area contributed by atoms with Gasteiger partial charge in [0.25, 0.3) is 0 Å². The van der Waals surface area contributed by atoms with Gasteiger partial charge in [-0.25, -0.2) is 0 Å². The minimum atomic E-state index is 0.378. The van der Waals surface area contributed by atoms with E-state index >= 15 is 0 Å². The number of hydrogen-bond donors (Lipinski definition) is 1. The molecule has 0 aliphatic heterocycles. The summed E-state index contributed by atoms with van der Waals surface area (Å²) < 4.78 is 0. The number of rotatable bonds is 0. The van der Waals surface area contributed by atoms with Gasteiger partial charge in [0.2, 0.25) is 0 Å². The molecule has 0 saturated heterocycles. The van der Waals surface area contributed by atoms with Crippen molar-refractivity contribution in [3.63, 3.8) is 0 Å². The van der Waals surface area contributed by atoms with Crippen molar-refractivity contribution < 1.29 is 5.11 Å². The van der Waals surface area contributed by atoms with Crippen LogP contribution in [0.3, 0.4) is 0 Å². The van der Waals surface area contributed by atoms with Crippen molar-refractivity contribution in [1.29, 1.82) is 0 Å². The summed E-state index contributed by atoms with van der Waals surface area (Å²) in [5.41, 5.74) is 0. The Morgan fingerprint density at radius 2 is 1.12 bits per heavy atom. The van der Waals surface area contributed by atoms with Crippen molar-refractivity contribution in [2.24, 2.45) is 0 Å². The molecule has 0 fully saturated rings. The lowest BCUT2D eigenvalue weighted by atomic mass is 10.0. The first-order chi connectivity index (χ1) is 8.36. The van der Waals surface area contributed by atoms with Crippen LogP contribution in [0.4, 0.5) is 0 Å². The van der Waals surface area contributed by atoms with Crippen LogP contribution in [0.1, 0.15) is 13.8 Å². The van der Waals surface area contributed by atoms with Crippen molar-refractivity contribution in [1.82, 2.24) is 0 Å². The smallest absolute Gasteiger partial charge is 0.131 e. The lowest BCUT2D eigenvalue weighted by Crippen LogP contribution is -1.77. The third-order valence-electron chi connectivity index (χ3n) is 2.74. The van der Waals surface area contributed by atoms with E-state index in [0.29, 0.717) is 5.75 Å². The predicted octanol–water partition coefficient (Wildman–Crippen LogP) is 4.72. The number of fused-ring (bicyclic) bond motifs is 2. The number of hydrogen-bond acceptors (Lipinski definition) is 1. The molecule has 0 spiro atoms. The molecule has 0 bridgehead atoms. The van der Waals surface area contributed by atoms with Crippen molar-refractivity contribution in [2.75, 3.05) is 0 Å². The fourth-order valence-corrected chi connectivity index (χ4v) is 1.99. The lowest BCUT2D eigenvalue weighted by molar-refractivity contribution is 0.488. The number of benzene rings is 3. The predicted molar refractivity (Wildman–Crippen MR) is 74.5 cm³/mol. The van der Waals surface area contributed by atoms with E-state index in [1.165, 1.54) is 0 Å². The molecule has 3 rings (SSSR count). The van der Waals surface area contributed by atoms with Gasteiger partial charge in [0.1, 0.15) is 5.75 Å². The Hall–Kier alpha value is -2.02. The van der Waals surface area contributed by atoms with E-state index in [0.717, 1.165) is 21.5 Å². The normalized spacial score (nSPS) is 10.0. The van der Waals surface area contributed by atoms with E-state index in [4.69, 9.17) is 0 Å². The average molecular weight is 224 g/mol. The van der Waals surface area contributed by atoms with Gasteiger partial charge in [0.15, 0.2) is 0 Å². The maximum atomic E-state index is 10.1. The van der Waals surface area contributed by atoms with Gasteiger partial charge in [-0.3, -0.25) is 0 Å². The van der Waals surface area contributed by atoms with Crippen molar-refractivity contribution in [3.05, 3.63) is 54.6 Å². The van der Waals surface area contributed by atoms with Gasteiger partial charge in [-0.2, -0.15) is 0 Å². The van der Waals surface area contributed by atoms with Gasteiger partial charge >= 0.3 is 0 Å². The SMILES string of the molecule is CC.Oc1c2ccccc2cc2ccccc12. The molecule has 1 heteroatoms. The number of aromatic hydroxyl groups is 1. The zero-order valence-electron chi connectivity index (χ0n) is 10.1. The monoisotopic (exact) mass is 224 g/mol. The standard InChI is InChI=1S/C14H10O.C2H6/c15-14-12-7-3-1-5-10(12)9-11-6-2-4-8-13(11)14;1-2/h1-9,15H;1-2H3. The van der Waals surface area contributed by atoms with Crippen LogP contribution >= 0.6 is 0 Å². The number of phenolic OH excluding ortho intramolecular Hbond substituents is 1. The largest absolute Gasteiger partial charge is 0.507 e. The van der Waals surface area contributed by atoms with E-state index in [-0.39, 0.29) is 0 Å². The molecule has 1 nitrogen and oxygen atoms in total. The molecular formula is C16H16O. The fraction of sp³-hybridized carbons (Fsp3) is 0.125. The zero-order valence-corrected chi connectivity index (χ0v) is 10.1. The lowest BCUT2D eigenvalue weighted by Gasteiger charge is -2.05. The highest BCUT2D eigenvalue weighted by Crippen LogP contribution is 2.33. The molecule has 0 aliphatic rings. The first-order valence-electron chi connectivity index (χ1n) is 5.96. The van der Waals surface area contributed by atoms with Gasteiger partial charge in [0, 0.05) is 10.8 Å². The zero-order chi connectivity index (χ0) is 12.3. The van der Waals surface area contributed by atoms with Crippen LogP contribution in [0.15, 0.2) is 54.6 Å². The van der Waals surface area contributed by atoms with Crippen molar-refractivity contribution >= 4 is 21.5 Å². The third kappa shape index (κ3) is 1.96. The molecule has 1 N–H and O–H groups in total. The van der Waals surface area contributed by atoms with E-state index in [9.17, 15) is 5.11 Å². The van der Waals surface area contributed by atoms with Gasteiger partial charge in [-0.05, 0) is 16.8 Å². The second-order valence-corrected chi connectivity index (χ2v) is 3.67.